The van der Waals surface area contributed by atoms with Crippen molar-refractivity contribution in [2.45, 2.75) is 63.4 Å². The van der Waals surface area contributed by atoms with Crippen molar-refractivity contribution in [1.29, 1.82) is 0 Å². The molecule has 2 fully saturated rings. The molecule has 0 atom stereocenters. The Labute approximate surface area is 92.4 Å². The quantitative estimate of drug-likeness (QED) is 0.666. The molecule has 0 unspecified atom stereocenters. The molecule has 0 N–H and O–H groups in total. The minimum Gasteiger partial charge on any atom is -0.370 e. The van der Waals surface area contributed by atoms with Gasteiger partial charge in [-0.25, -0.2) is 0 Å². The topological polar surface area (TPSA) is 26.3 Å². The fourth-order valence-electron chi connectivity index (χ4n) is 2.67. The average Bonchev–Trinajstić information content (AvgIpc) is 3.03. The van der Waals surface area contributed by atoms with Crippen LogP contribution >= 0.6 is 0 Å². The molecule has 0 aromatic carbocycles. The van der Waals surface area contributed by atoms with Crippen molar-refractivity contribution in [2.75, 3.05) is 7.11 Å². The van der Waals surface area contributed by atoms with Crippen LogP contribution in [-0.2, 0) is 9.53 Å². The monoisotopic (exact) mass is 210 g/mol. The second-order valence-electron chi connectivity index (χ2n) is 5.18. The number of Topliss-reactive ketones (excluding diaryl/α,β-unsaturated/α-hetero) is 1. The molecular weight excluding hydrogens is 188 g/mol. The minimum atomic E-state index is -0.404. The van der Waals surface area contributed by atoms with Gasteiger partial charge in [0.05, 0.1) is 0 Å². The number of hydrogen-bond acceptors (Lipinski definition) is 2. The number of hydrogen-bond donors (Lipinski definition) is 0. The van der Waals surface area contributed by atoms with E-state index < -0.39 is 5.60 Å². The maximum Gasteiger partial charge on any atom is 0.164 e. The standard InChI is InChI=1S/C13H22O2/c1-15-13(8-4-2-3-5-9-13)12(14)10-11-6-7-11/h11H,2-10H2,1H3. The number of methoxy groups -OCH3 is 1. The summed E-state index contributed by atoms with van der Waals surface area (Å²) in [6.45, 7) is 0. The molecule has 15 heavy (non-hydrogen) atoms. The Morgan fingerprint density at radius 2 is 1.80 bits per heavy atom. The van der Waals surface area contributed by atoms with Gasteiger partial charge in [-0.05, 0) is 31.6 Å². The van der Waals surface area contributed by atoms with Crippen molar-refractivity contribution in [3.63, 3.8) is 0 Å². The smallest absolute Gasteiger partial charge is 0.164 e. The van der Waals surface area contributed by atoms with Gasteiger partial charge >= 0.3 is 0 Å². The maximum atomic E-state index is 12.2. The van der Waals surface area contributed by atoms with Gasteiger partial charge in [-0.1, -0.05) is 25.7 Å². The lowest BCUT2D eigenvalue weighted by Gasteiger charge is -2.29. The van der Waals surface area contributed by atoms with Crippen molar-refractivity contribution in [1.82, 2.24) is 0 Å². The first kappa shape index (κ1) is 11.1. The molecule has 2 rings (SSSR count). The summed E-state index contributed by atoms with van der Waals surface area (Å²) in [7, 11) is 1.72. The number of carbonyl (C=O) groups excluding carboxylic acids is 1. The predicted molar refractivity (Wildman–Crippen MR) is 59.8 cm³/mol. The van der Waals surface area contributed by atoms with E-state index in [0.29, 0.717) is 11.7 Å². The van der Waals surface area contributed by atoms with Crippen LogP contribution in [0.2, 0.25) is 0 Å². The molecule has 0 aromatic rings. The lowest BCUT2D eigenvalue weighted by atomic mass is 9.87. The van der Waals surface area contributed by atoms with Gasteiger partial charge in [-0.15, -0.1) is 0 Å². The van der Waals surface area contributed by atoms with Gasteiger partial charge in [0, 0.05) is 13.5 Å². The minimum absolute atomic E-state index is 0.384. The molecule has 0 spiro atoms. The largest absolute Gasteiger partial charge is 0.370 e. The molecule has 2 heteroatoms. The maximum absolute atomic E-state index is 12.2. The highest BCUT2D eigenvalue weighted by Gasteiger charge is 2.40. The summed E-state index contributed by atoms with van der Waals surface area (Å²) in [6.07, 6.45) is 10.0. The van der Waals surface area contributed by atoms with Gasteiger partial charge < -0.3 is 4.74 Å². The molecule has 86 valence electrons. The average molecular weight is 210 g/mol. The van der Waals surface area contributed by atoms with Crippen molar-refractivity contribution >= 4 is 5.78 Å². The molecule has 0 saturated heterocycles. The molecule has 0 aliphatic heterocycles. The Morgan fingerprint density at radius 3 is 2.27 bits per heavy atom. The number of ketones is 1. The van der Waals surface area contributed by atoms with Gasteiger partial charge in [-0.2, -0.15) is 0 Å². The first-order valence-corrected chi connectivity index (χ1v) is 6.35. The summed E-state index contributed by atoms with van der Waals surface area (Å²) in [6, 6.07) is 0. The third-order valence-electron chi connectivity index (χ3n) is 3.98. The van der Waals surface area contributed by atoms with E-state index in [-0.39, 0.29) is 0 Å². The Morgan fingerprint density at radius 1 is 1.20 bits per heavy atom. The van der Waals surface area contributed by atoms with Crippen molar-refractivity contribution in [3.05, 3.63) is 0 Å². The Kier molecular flexibility index (Phi) is 3.45. The van der Waals surface area contributed by atoms with Crippen LogP contribution in [0.4, 0.5) is 0 Å². The summed E-state index contributed by atoms with van der Waals surface area (Å²) < 4.78 is 5.60. The van der Waals surface area contributed by atoms with E-state index in [9.17, 15) is 4.79 Å². The van der Waals surface area contributed by atoms with Crippen LogP contribution in [0.15, 0.2) is 0 Å². The highest BCUT2D eigenvalue weighted by atomic mass is 16.5. The normalized spacial score (nSPS) is 25.9. The lowest BCUT2D eigenvalue weighted by molar-refractivity contribution is -0.143. The predicted octanol–water partition coefficient (Wildman–Crippen LogP) is 3.10. The van der Waals surface area contributed by atoms with Crippen LogP contribution in [0.3, 0.4) is 0 Å². The van der Waals surface area contributed by atoms with Crippen LogP contribution in [-0.4, -0.2) is 18.5 Å². The van der Waals surface area contributed by atoms with Crippen molar-refractivity contribution in [3.8, 4) is 0 Å². The van der Waals surface area contributed by atoms with Crippen molar-refractivity contribution < 1.29 is 9.53 Å². The van der Waals surface area contributed by atoms with E-state index in [1.165, 1.54) is 25.7 Å². The zero-order valence-electron chi connectivity index (χ0n) is 9.76. The Balaban J connectivity index is 1.99. The van der Waals surface area contributed by atoms with Crippen LogP contribution in [0.5, 0.6) is 0 Å². The lowest BCUT2D eigenvalue weighted by Crippen LogP contribution is -2.40. The second-order valence-corrected chi connectivity index (χ2v) is 5.18. The zero-order chi connectivity index (χ0) is 10.7. The fourth-order valence-corrected chi connectivity index (χ4v) is 2.67. The van der Waals surface area contributed by atoms with Gasteiger partial charge in [0.2, 0.25) is 0 Å². The van der Waals surface area contributed by atoms with E-state index >= 15 is 0 Å². The SMILES string of the molecule is COC1(C(=O)CC2CC2)CCCCCC1. The molecule has 2 saturated carbocycles. The van der Waals surface area contributed by atoms with Crippen LogP contribution < -0.4 is 0 Å². The molecule has 0 amide bonds. The molecule has 0 bridgehead atoms. The van der Waals surface area contributed by atoms with Gasteiger partial charge in [0.1, 0.15) is 5.60 Å². The van der Waals surface area contributed by atoms with Gasteiger partial charge in [-0.3, -0.25) is 4.79 Å². The molecule has 0 aromatic heterocycles. The van der Waals surface area contributed by atoms with E-state index in [4.69, 9.17) is 4.74 Å². The van der Waals surface area contributed by atoms with E-state index in [1.807, 2.05) is 0 Å². The van der Waals surface area contributed by atoms with Crippen molar-refractivity contribution in [2.24, 2.45) is 5.92 Å². The molecule has 0 radical (unpaired) electrons. The van der Waals surface area contributed by atoms with E-state index in [1.54, 1.807) is 7.11 Å². The molecule has 2 aliphatic rings. The summed E-state index contributed by atoms with van der Waals surface area (Å²) >= 11 is 0. The van der Waals surface area contributed by atoms with Crippen LogP contribution in [0.25, 0.3) is 0 Å². The Hall–Kier alpha value is -0.370. The molecular formula is C13H22O2. The second kappa shape index (κ2) is 4.65. The summed E-state index contributed by atoms with van der Waals surface area (Å²) in [5.74, 6) is 1.07. The number of carbonyl (C=O) groups is 1. The first-order valence-electron chi connectivity index (χ1n) is 6.35. The number of rotatable bonds is 4. The molecule has 0 heterocycles. The zero-order valence-corrected chi connectivity index (χ0v) is 9.76. The van der Waals surface area contributed by atoms with Crippen LogP contribution in [0.1, 0.15) is 57.8 Å². The van der Waals surface area contributed by atoms with Gasteiger partial charge in [0.15, 0.2) is 5.78 Å². The highest BCUT2D eigenvalue weighted by molar-refractivity contribution is 5.87. The highest BCUT2D eigenvalue weighted by Crippen LogP contribution is 2.38. The van der Waals surface area contributed by atoms with E-state index in [2.05, 4.69) is 0 Å². The Bertz CT molecular complexity index is 223. The number of ether oxygens (including phenoxy) is 1. The third kappa shape index (κ3) is 2.60. The van der Waals surface area contributed by atoms with Gasteiger partial charge in [0.25, 0.3) is 0 Å². The summed E-state index contributed by atoms with van der Waals surface area (Å²) in [5, 5.41) is 0. The fraction of sp³-hybridized carbons (Fsp3) is 0.923. The van der Waals surface area contributed by atoms with Crippen LogP contribution in [0, 0.1) is 5.92 Å². The third-order valence-corrected chi connectivity index (χ3v) is 3.98. The molecule has 2 aliphatic carbocycles. The molecule has 2 nitrogen and oxygen atoms in total. The summed E-state index contributed by atoms with van der Waals surface area (Å²) in [5.41, 5.74) is -0.404. The first-order chi connectivity index (χ1) is 7.27. The summed E-state index contributed by atoms with van der Waals surface area (Å²) in [4.78, 5) is 12.2. The van der Waals surface area contributed by atoms with E-state index in [0.717, 1.165) is 32.1 Å².